The lowest BCUT2D eigenvalue weighted by molar-refractivity contribution is -0.384. The molecular formula is C13H9ClN2O3S. The van der Waals surface area contributed by atoms with E-state index in [2.05, 4.69) is 5.32 Å². The molecule has 0 aliphatic heterocycles. The largest absolute Gasteiger partial charge is 0.321 e. The van der Waals surface area contributed by atoms with E-state index in [1.54, 1.807) is 6.08 Å². The van der Waals surface area contributed by atoms with Crippen LogP contribution in [0.1, 0.15) is 4.88 Å². The van der Waals surface area contributed by atoms with Crippen LogP contribution >= 0.6 is 22.9 Å². The van der Waals surface area contributed by atoms with Gasteiger partial charge in [0.05, 0.1) is 15.6 Å². The Morgan fingerprint density at radius 3 is 2.80 bits per heavy atom. The Kier molecular flexibility index (Phi) is 4.49. The molecule has 1 amide bonds. The van der Waals surface area contributed by atoms with Crippen molar-refractivity contribution in [3.63, 3.8) is 0 Å². The average Bonchev–Trinajstić information content (AvgIpc) is 2.91. The van der Waals surface area contributed by atoms with E-state index in [9.17, 15) is 14.9 Å². The summed E-state index contributed by atoms with van der Waals surface area (Å²) in [6.07, 6.45) is 3.06. The zero-order valence-corrected chi connectivity index (χ0v) is 11.6. The third kappa shape index (κ3) is 3.66. The highest BCUT2D eigenvalue weighted by atomic mass is 35.5. The van der Waals surface area contributed by atoms with E-state index < -0.39 is 4.92 Å². The molecular weight excluding hydrogens is 300 g/mol. The zero-order valence-electron chi connectivity index (χ0n) is 10.1. The molecule has 0 spiro atoms. The maximum absolute atomic E-state index is 11.7. The maximum Gasteiger partial charge on any atom is 0.271 e. The fourth-order valence-electron chi connectivity index (χ4n) is 1.44. The van der Waals surface area contributed by atoms with Gasteiger partial charge in [-0.3, -0.25) is 14.9 Å². The molecule has 0 saturated carbocycles. The number of nitro groups is 1. The van der Waals surface area contributed by atoms with E-state index in [4.69, 9.17) is 11.6 Å². The minimum absolute atomic E-state index is 0.122. The first-order valence-electron chi connectivity index (χ1n) is 5.53. The van der Waals surface area contributed by atoms with Gasteiger partial charge in [-0.25, -0.2) is 0 Å². The number of nitro benzene ring substituents is 1. The fraction of sp³-hybridized carbons (Fsp3) is 0. The number of benzene rings is 1. The van der Waals surface area contributed by atoms with Crippen LogP contribution in [-0.2, 0) is 4.79 Å². The zero-order chi connectivity index (χ0) is 14.5. The Hall–Kier alpha value is -2.18. The molecule has 0 radical (unpaired) electrons. The Morgan fingerprint density at radius 2 is 2.20 bits per heavy atom. The van der Waals surface area contributed by atoms with Gasteiger partial charge in [-0.15, -0.1) is 11.3 Å². The van der Waals surface area contributed by atoms with Gasteiger partial charge in [0.1, 0.15) is 0 Å². The van der Waals surface area contributed by atoms with Gasteiger partial charge in [-0.2, -0.15) is 0 Å². The molecule has 0 bridgehead atoms. The normalized spacial score (nSPS) is 10.7. The molecule has 5 nitrogen and oxygen atoms in total. The monoisotopic (exact) mass is 308 g/mol. The molecule has 0 aliphatic carbocycles. The number of nitrogens with one attached hydrogen (secondary N) is 1. The second kappa shape index (κ2) is 6.31. The first kappa shape index (κ1) is 14.2. The van der Waals surface area contributed by atoms with Crippen molar-refractivity contribution >= 4 is 46.3 Å². The van der Waals surface area contributed by atoms with Crippen LogP contribution in [0.5, 0.6) is 0 Å². The van der Waals surface area contributed by atoms with Crippen molar-refractivity contribution in [2.75, 3.05) is 5.32 Å². The molecule has 102 valence electrons. The Morgan fingerprint density at radius 1 is 1.40 bits per heavy atom. The molecule has 0 aliphatic rings. The molecule has 0 fully saturated rings. The molecule has 0 unspecified atom stereocenters. The van der Waals surface area contributed by atoms with Crippen LogP contribution in [0.3, 0.4) is 0 Å². The topological polar surface area (TPSA) is 72.2 Å². The average molecular weight is 309 g/mol. The molecule has 1 N–H and O–H groups in total. The number of halogens is 1. The van der Waals surface area contributed by atoms with E-state index in [0.29, 0.717) is 5.69 Å². The lowest BCUT2D eigenvalue weighted by Gasteiger charge is -2.04. The van der Waals surface area contributed by atoms with Crippen LogP contribution in [-0.4, -0.2) is 10.8 Å². The molecule has 7 heteroatoms. The number of anilines is 1. The number of non-ortho nitro benzene ring substituents is 1. The maximum atomic E-state index is 11.7. The van der Waals surface area contributed by atoms with Crippen molar-refractivity contribution in [3.05, 3.63) is 61.8 Å². The predicted octanol–water partition coefficient (Wildman–Crippen LogP) is 3.96. The quantitative estimate of drug-likeness (QED) is 0.528. The number of nitrogens with zero attached hydrogens (tertiary/aromatic N) is 1. The summed E-state index contributed by atoms with van der Waals surface area (Å²) in [6, 6.07) is 7.64. The summed E-state index contributed by atoms with van der Waals surface area (Å²) in [5.74, 6) is -0.353. The first-order valence-corrected chi connectivity index (χ1v) is 6.78. The third-order valence-electron chi connectivity index (χ3n) is 2.36. The molecule has 1 aromatic carbocycles. The predicted molar refractivity (Wildman–Crippen MR) is 80.1 cm³/mol. The van der Waals surface area contributed by atoms with E-state index in [1.165, 1.54) is 35.6 Å². The number of hydrogen-bond donors (Lipinski definition) is 1. The number of thiophene rings is 1. The lowest BCUT2D eigenvalue weighted by atomic mass is 10.2. The third-order valence-corrected chi connectivity index (χ3v) is 3.51. The number of amides is 1. The first-order chi connectivity index (χ1) is 9.56. The number of carbonyl (C=O) groups is 1. The second-order valence-corrected chi connectivity index (χ2v) is 5.15. The highest BCUT2D eigenvalue weighted by Gasteiger charge is 2.10. The minimum Gasteiger partial charge on any atom is -0.321 e. The van der Waals surface area contributed by atoms with Crippen molar-refractivity contribution in [3.8, 4) is 0 Å². The van der Waals surface area contributed by atoms with E-state index in [-0.39, 0.29) is 16.6 Å². The van der Waals surface area contributed by atoms with Gasteiger partial charge in [0, 0.05) is 23.1 Å². The summed E-state index contributed by atoms with van der Waals surface area (Å²) in [5, 5.41) is 15.2. The summed E-state index contributed by atoms with van der Waals surface area (Å²) < 4.78 is 0. The number of hydrogen-bond acceptors (Lipinski definition) is 4. The van der Waals surface area contributed by atoms with E-state index >= 15 is 0 Å². The molecule has 1 aromatic heterocycles. The van der Waals surface area contributed by atoms with Gasteiger partial charge in [0.15, 0.2) is 0 Å². The van der Waals surface area contributed by atoms with Gasteiger partial charge in [-0.05, 0) is 23.6 Å². The lowest BCUT2D eigenvalue weighted by Crippen LogP contribution is -2.08. The van der Waals surface area contributed by atoms with Crippen LogP contribution in [0.15, 0.2) is 41.8 Å². The van der Waals surface area contributed by atoms with Crippen LogP contribution < -0.4 is 5.32 Å². The molecule has 1 heterocycles. The SMILES string of the molecule is O=C(/C=C\c1cccs1)Nc1ccc([N+](=O)[O-])cc1Cl. The fourth-order valence-corrected chi connectivity index (χ4v) is 2.28. The Labute approximate surface area is 123 Å². The standard InChI is InChI=1S/C13H9ClN2O3S/c14-11-8-9(16(18)19)3-5-12(11)15-13(17)6-4-10-2-1-7-20-10/h1-8H,(H,15,17)/b6-4-. The highest BCUT2D eigenvalue weighted by molar-refractivity contribution is 7.10. The number of carbonyl (C=O) groups excluding carboxylic acids is 1. The number of rotatable bonds is 4. The summed E-state index contributed by atoms with van der Waals surface area (Å²) in [4.78, 5) is 22.7. The van der Waals surface area contributed by atoms with Crippen LogP contribution in [0.25, 0.3) is 6.08 Å². The molecule has 0 saturated heterocycles. The summed E-state index contributed by atoms with van der Waals surface area (Å²) in [5.41, 5.74) is 0.209. The van der Waals surface area contributed by atoms with Gasteiger partial charge in [-0.1, -0.05) is 17.7 Å². The van der Waals surface area contributed by atoms with Gasteiger partial charge in [0.2, 0.25) is 5.91 Å². The van der Waals surface area contributed by atoms with Gasteiger partial charge < -0.3 is 5.32 Å². The van der Waals surface area contributed by atoms with Crippen molar-refractivity contribution in [2.24, 2.45) is 0 Å². The second-order valence-electron chi connectivity index (χ2n) is 3.76. The minimum atomic E-state index is -0.547. The smallest absolute Gasteiger partial charge is 0.271 e. The summed E-state index contributed by atoms with van der Waals surface area (Å²) >= 11 is 7.39. The van der Waals surface area contributed by atoms with Crippen molar-refractivity contribution in [1.82, 2.24) is 0 Å². The van der Waals surface area contributed by atoms with Gasteiger partial charge >= 0.3 is 0 Å². The Balaban J connectivity index is 2.06. The molecule has 2 rings (SSSR count). The van der Waals surface area contributed by atoms with Crippen molar-refractivity contribution < 1.29 is 9.72 Å². The Bertz CT molecular complexity index is 668. The molecule has 2 aromatic rings. The highest BCUT2D eigenvalue weighted by Crippen LogP contribution is 2.26. The van der Waals surface area contributed by atoms with Crippen LogP contribution in [0, 0.1) is 10.1 Å². The molecule has 0 atom stereocenters. The van der Waals surface area contributed by atoms with Crippen LogP contribution in [0.4, 0.5) is 11.4 Å². The van der Waals surface area contributed by atoms with Crippen LogP contribution in [0.2, 0.25) is 5.02 Å². The molecule has 20 heavy (non-hydrogen) atoms. The summed E-state index contributed by atoms with van der Waals surface area (Å²) in [7, 11) is 0. The van der Waals surface area contributed by atoms with Gasteiger partial charge in [0.25, 0.3) is 5.69 Å². The van der Waals surface area contributed by atoms with E-state index in [1.807, 2.05) is 17.5 Å². The van der Waals surface area contributed by atoms with E-state index in [0.717, 1.165) is 4.88 Å². The van der Waals surface area contributed by atoms with Crippen molar-refractivity contribution in [2.45, 2.75) is 0 Å². The summed E-state index contributed by atoms with van der Waals surface area (Å²) in [6.45, 7) is 0. The van der Waals surface area contributed by atoms with Crippen molar-refractivity contribution in [1.29, 1.82) is 0 Å².